The lowest BCUT2D eigenvalue weighted by molar-refractivity contribution is -0.140. The molecule has 0 radical (unpaired) electrons. The maximum atomic E-state index is 12.5. The van der Waals surface area contributed by atoms with Gasteiger partial charge in [-0.3, -0.25) is 9.59 Å². The molecule has 0 bridgehead atoms. The lowest BCUT2D eigenvalue weighted by atomic mass is 10.2. The van der Waals surface area contributed by atoms with Gasteiger partial charge in [0.15, 0.2) is 0 Å². The normalized spacial score (nSPS) is 17.7. The summed E-state index contributed by atoms with van der Waals surface area (Å²) in [6.45, 7) is 3.32. The van der Waals surface area contributed by atoms with Crippen LogP contribution in [0.4, 0.5) is 0 Å². The Balaban J connectivity index is 2.02. The van der Waals surface area contributed by atoms with E-state index in [0.29, 0.717) is 24.4 Å². The van der Waals surface area contributed by atoms with Crippen molar-refractivity contribution in [2.45, 2.75) is 32.3 Å². The molecule has 1 aliphatic rings. The number of hydrogen-bond donors (Lipinski definition) is 0. The summed E-state index contributed by atoms with van der Waals surface area (Å²) < 4.78 is 15.4. The predicted octanol–water partition coefficient (Wildman–Crippen LogP) is 1.77. The molecule has 1 unspecified atom stereocenters. The van der Waals surface area contributed by atoms with Crippen LogP contribution in [0.1, 0.15) is 35.4 Å². The van der Waals surface area contributed by atoms with Crippen LogP contribution in [0.2, 0.25) is 0 Å². The third-order valence-corrected chi connectivity index (χ3v) is 3.53. The van der Waals surface area contributed by atoms with Gasteiger partial charge in [0, 0.05) is 19.7 Å². The molecule has 0 saturated carbocycles. The van der Waals surface area contributed by atoms with Crippen molar-refractivity contribution in [3.8, 4) is 0 Å². The van der Waals surface area contributed by atoms with E-state index in [9.17, 15) is 9.59 Å². The van der Waals surface area contributed by atoms with Gasteiger partial charge in [-0.1, -0.05) is 0 Å². The minimum absolute atomic E-state index is 0.0413. The fourth-order valence-corrected chi connectivity index (χ4v) is 2.38. The van der Waals surface area contributed by atoms with E-state index in [-0.39, 0.29) is 24.4 Å². The number of amides is 1. The molecule has 1 saturated heterocycles. The molecule has 0 aliphatic carbocycles. The zero-order chi connectivity index (χ0) is 15.2. The molecule has 1 amide bonds. The first kappa shape index (κ1) is 15.6. The second-order valence-electron chi connectivity index (χ2n) is 5.16. The molecular weight excluding hydrogens is 274 g/mol. The highest BCUT2D eigenvalue weighted by molar-refractivity contribution is 5.94. The second-order valence-corrected chi connectivity index (χ2v) is 5.16. The maximum Gasteiger partial charge on any atom is 0.307 e. The molecule has 0 aromatic carbocycles. The summed E-state index contributed by atoms with van der Waals surface area (Å²) in [5.41, 5.74) is 0.496. The summed E-state index contributed by atoms with van der Waals surface area (Å²) in [5.74, 6) is 0.207. The van der Waals surface area contributed by atoms with Crippen LogP contribution in [0.25, 0.3) is 0 Å². The van der Waals surface area contributed by atoms with Crippen molar-refractivity contribution in [2.75, 3.05) is 26.8 Å². The summed E-state index contributed by atoms with van der Waals surface area (Å²) in [4.78, 5) is 25.4. The van der Waals surface area contributed by atoms with Crippen LogP contribution in [-0.4, -0.2) is 49.7 Å². The van der Waals surface area contributed by atoms with Crippen molar-refractivity contribution in [1.29, 1.82) is 0 Å². The molecule has 6 heteroatoms. The molecule has 1 aromatic heterocycles. The highest BCUT2D eigenvalue weighted by atomic mass is 16.5. The number of esters is 1. The second kappa shape index (κ2) is 7.26. The number of nitrogens with zero attached hydrogens (tertiary/aromatic N) is 1. The highest BCUT2D eigenvalue weighted by Gasteiger charge is 2.24. The van der Waals surface area contributed by atoms with Gasteiger partial charge in [0.1, 0.15) is 12.0 Å². The summed E-state index contributed by atoms with van der Waals surface area (Å²) in [5, 5.41) is 0. The molecule has 0 spiro atoms. The number of aryl methyl sites for hydroxylation is 1. The maximum absolute atomic E-state index is 12.5. The van der Waals surface area contributed by atoms with Gasteiger partial charge in [0.25, 0.3) is 5.91 Å². The van der Waals surface area contributed by atoms with E-state index in [1.807, 2.05) is 0 Å². The van der Waals surface area contributed by atoms with E-state index in [0.717, 1.165) is 19.4 Å². The van der Waals surface area contributed by atoms with Crippen LogP contribution in [0.15, 0.2) is 16.7 Å². The van der Waals surface area contributed by atoms with Crippen LogP contribution in [0, 0.1) is 6.92 Å². The smallest absolute Gasteiger partial charge is 0.307 e. The van der Waals surface area contributed by atoms with E-state index in [1.165, 1.54) is 13.4 Å². The standard InChI is InChI=1S/C15H21NO5/c1-11-8-12(10-21-11)15(18)16(6-5-14(17)19-2)9-13-4-3-7-20-13/h8,10,13H,3-7,9H2,1-2H3. The van der Waals surface area contributed by atoms with E-state index in [2.05, 4.69) is 4.74 Å². The summed E-state index contributed by atoms with van der Waals surface area (Å²) >= 11 is 0. The molecule has 116 valence electrons. The average Bonchev–Trinajstić information content (AvgIpc) is 3.13. The average molecular weight is 295 g/mol. The molecular formula is C15H21NO5. The molecule has 1 atom stereocenters. The monoisotopic (exact) mass is 295 g/mol. The minimum atomic E-state index is -0.330. The Labute approximate surface area is 124 Å². The summed E-state index contributed by atoms with van der Waals surface area (Å²) in [6.07, 6.45) is 3.60. The minimum Gasteiger partial charge on any atom is -0.469 e. The van der Waals surface area contributed by atoms with Gasteiger partial charge in [-0.2, -0.15) is 0 Å². The summed E-state index contributed by atoms with van der Waals surface area (Å²) in [6, 6.07) is 1.70. The first-order chi connectivity index (χ1) is 10.1. The topological polar surface area (TPSA) is 69.0 Å². The van der Waals surface area contributed by atoms with Crippen LogP contribution >= 0.6 is 0 Å². The number of ether oxygens (including phenoxy) is 2. The molecule has 1 aromatic rings. The fourth-order valence-electron chi connectivity index (χ4n) is 2.38. The summed E-state index contributed by atoms with van der Waals surface area (Å²) in [7, 11) is 1.34. The van der Waals surface area contributed by atoms with E-state index in [1.54, 1.807) is 17.9 Å². The van der Waals surface area contributed by atoms with Crippen LogP contribution < -0.4 is 0 Å². The van der Waals surface area contributed by atoms with Crippen molar-refractivity contribution in [3.63, 3.8) is 0 Å². The number of carbonyl (C=O) groups excluding carboxylic acids is 2. The van der Waals surface area contributed by atoms with Gasteiger partial charge in [0.05, 0.1) is 25.2 Å². The Morgan fingerprint density at radius 1 is 1.48 bits per heavy atom. The highest BCUT2D eigenvalue weighted by Crippen LogP contribution is 2.16. The van der Waals surface area contributed by atoms with Crippen LogP contribution in [-0.2, 0) is 14.3 Å². The lowest BCUT2D eigenvalue weighted by Gasteiger charge is -2.24. The zero-order valence-electron chi connectivity index (χ0n) is 12.5. The van der Waals surface area contributed by atoms with Crippen molar-refractivity contribution in [1.82, 2.24) is 4.90 Å². The van der Waals surface area contributed by atoms with E-state index in [4.69, 9.17) is 9.15 Å². The van der Waals surface area contributed by atoms with Crippen molar-refractivity contribution in [3.05, 3.63) is 23.7 Å². The van der Waals surface area contributed by atoms with E-state index >= 15 is 0 Å². The Hall–Kier alpha value is -1.82. The Morgan fingerprint density at radius 2 is 2.29 bits per heavy atom. The Kier molecular flexibility index (Phi) is 5.38. The fraction of sp³-hybridized carbons (Fsp3) is 0.600. The van der Waals surface area contributed by atoms with Crippen LogP contribution in [0.3, 0.4) is 0 Å². The molecule has 2 heterocycles. The SMILES string of the molecule is COC(=O)CCN(CC1CCCO1)C(=O)c1coc(C)c1. The molecule has 1 aliphatic heterocycles. The van der Waals surface area contributed by atoms with Gasteiger partial charge in [0.2, 0.25) is 0 Å². The molecule has 2 rings (SSSR count). The van der Waals surface area contributed by atoms with Gasteiger partial charge < -0.3 is 18.8 Å². The Bertz CT molecular complexity index is 490. The molecule has 1 fully saturated rings. The third kappa shape index (κ3) is 4.32. The van der Waals surface area contributed by atoms with Gasteiger partial charge >= 0.3 is 5.97 Å². The number of hydrogen-bond acceptors (Lipinski definition) is 5. The van der Waals surface area contributed by atoms with Crippen LogP contribution in [0.5, 0.6) is 0 Å². The number of furan rings is 1. The van der Waals surface area contributed by atoms with Gasteiger partial charge in [-0.05, 0) is 25.8 Å². The quantitative estimate of drug-likeness (QED) is 0.748. The third-order valence-electron chi connectivity index (χ3n) is 3.53. The number of rotatable bonds is 6. The first-order valence-corrected chi connectivity index (χ1v) is 7.13. The molecule has 6 nitrogen and oxygen atoms in total. The Morgan fingerprint density at radius 3 is 2.86 bits per heavy atom. The number of carbonyl (C=O) groups is 2. The van der Waals surface area contributed by atoms with Crippen molar-refractivity contribution >= 4 is 11.9 Å². The predicted molar refractivity (Wildman–Crippen MR) is 75.0 cm³/mol. The van der Waals surface area contributed by atoms with Gasteiger partial charge in [-0.15, -0.1) is 0 Å². The van der Waals surface area contributed by atoms with E-state index < -0.39 is 0 Å². The molecule has 0 N–H and O–H groups in total. The first-order valence-electron chi connectivity index (χ1n) is 7.13. The van der Waals surface area contributed by atoms with Gasteiger partial charge in [-0.25, -0.2) is 0 Å². The van der Waals surface area contributed by atoms with Crippen molar-refractivity contribution < 1.29 is 23.5 Å². The van der Waals surface area contributed by atoms with Crippen molar-refractivity contribution in [2.24, 2.45) is 0 Å². The lowest BCUT2D eigenvalue weighted by Crippen LogP contribution is -2.38. The molecule has 21 heavy (non-hydrogen) atoms. The number of methoxy groups -OCH3 is 1. The largest absolute Gasteiger partial charge is 0.469 e. The zero-order valence-corrected chi connectivity index (χ0v) is 12.5.